The van der Waals surface area contributed by atoms with Gasteiger partial charge in [-0.05, 0) is 62.5 Å². The first-order chi connectivity index (χ1) is 12.6. The zero-order chi connectivity index (χ0) is 18.4. The maximum absolute atomic E-state index is 11.0. The van der Waals surface area contributed by atoms with Crippen LogP contribution in [0.25, 0.3) is 0 Å². The number of carbonyl (C=O) groups is 1. The summed E-state index contributed by atoms with van der Waals surface area (Å²) in [6.45, 7) is 4.57. The Balaban J connectivity index is 1.46. The van der Waals surface area contributed by atoms with E-state index in [1.165, 1.54) is 11.1 Å². The second-order valence-electron chi connectivity index (χ2n) is 7.15. The first-order valence-corrected chi connectivity index (χ1v) is 9.35. The van der Waals surface area contributed by atoms with E-state index in [1.54, 1.807) is 0 Å². The molecule has 0 bridgehead atoms. The highest BCUT2D eigenvalue weighted by Gasteiger charge is 2.25. The summed E-state index contributed by atoms with van der Waals surface area (Å²) in [5, 5.41) is 9.07. The van der Waals surface area contributed by atoms with Crippen molar-refractivity contribution in [3.05, 3.63) is 65.7 Å². The third kappa shape index (κ3) is 5.33. The van der Waals surface area contributed by atoms with Gasteiger partial charge in [0, 0.05) is 6.54 Å². The molecule has 1 heterocycles. The maximum atomic E-state index is 11.0. The molecule has 138 valence electrons. The zero-order valence-electron chi connectivity index (χ0n) is 15.3. The predicted molar refractivity (Wildman–Crippen MR) is 103 cm³/mol. The van der Waals surface area contributed by atoms with E-state index in [2.05, 4.69) is 48.2 Å². The molecule has 0 radical (unpaired) electrons. The molecule has 2 aromatic carbocycles. The lowest BCUT2D eigenvalue weighted by Crippen LogP contribution is -2.41. The van der Waals surface area contributed by atoms with Crippen molar-refractivity contribution in [1.82, 2.24) is 4.90 Å². The number of piperidine rings is 1. The van der Waals surface area contributed by atoms with Gasteiger partial charge in [-0.3, -0.25) is 9.69 Å². The Kier molecular flexibility index (Phi) is 6.29. The highest BCUT2D eigenvalue weighted by atomic mass is 16.5. The third-order valence-electron chi connectivity index (χ3n) is 4.96. The Morgan fingerprint density at radius 1 is 1.08 bits per heavy atom. The molecule has 0 aromatic heterocycles. The number of benzene rings is 2. The van der Waals surface area contributed by atoms with Crippen molar-refractivity contribution in [2.45, 2.75) is 32.3 Å². The first-order valence-electron chi connectivity index (χ1n) is 9.35. The molecule has 1 unspecified atom stereocenters. The maximum Gasteiger partial charge on any atom is 0.306 e. The summed E-state index contributed by atoms with van der Waals surface area (Å²) in [5.41, 5.74) is 2.58. The van der Waals surface area contributed by atoms with Crippen LogP contribution in [0.5, 0.6) is 5.75 Å². The Morgan fingerprint density at radius 2 is 1.69 bits per heavy atom. The zero-order valence-corrected chi connectivity index (χ0v) is 15.3. The summed E-state index contributed by atoms with van der Waals surface area (Å²) in [6.07, 6.45) is 2.47. The van der Waals surface area contributed by atoms with Crippen LogP contribution < -0.4 is 4.74 Å². The van der Waals surface area contributed by atoms with Crippen molar-refractivity contribution in [3.63, 3.8) is 0 Å². The summed E-state index contributed by atoms with van der Waals surface area (Å²) in [7, 11) is 0. The van der Waals surface area contributed by atoms with Crippen molar-refractivity contribution in [2.24, 2.45) is 5.92 Å². The number of carboxylic acid groups (broad SMARTS) is 1. The van der Waals surface area contributed by atoms with Gasteiger partial charge in [-0.1, -0.05) is 42.5 Å². The molecule has 1 fully saturated rings. The van der Waals surface area contributed by atoms with Crippen LogP contribution in [0.15, 0.2) is 54.6 Å². The van der Waals surface area contributed by atoms with E-state index < -0.39 is 5.97 Å². The topological polar surface area (TPSA) is 49.8 Å². The Labute approximate surface area is 155 Å². The predicted octanol–water partition coefficient (Wildman–Crippen LogP) is 3.84. The number of rotatable bonds is 7. The molecule has 1 aliphatic heterocycles. The molecule has 1 aliphatic rings. The quantitative estimate of drug-likeness (QED) is 0.822. The Hall–Kier alpha value is -2.33. The molecular formula is C22H27NO3. The average molecular weight is 353 g/mol. The van der Waals surface area contributed by atoms with Crippen molar-refractivity contribution in [1.29, 1.82) is 0 Å². The minimum Gasteiger partial charge on any atom is -0.489 e. The van der Waals surface area contributed by atoms with Gasteiger partial charge in [0.05, 0.1) is 5.92 Å². The molecule has 0 amide bonds. The number of hydrogen-bond donors (Lipinski definition) is 1. The van der Waals surface area contributed by atoms with Crippen molar-refractivity contribution in [2.75, 3.05) is 19.6 Å². The smallest absolute Gasteiger partial charge is 0.306 e. The van der Waals surface area contributed by atoms with Crippen LogP contribution in [0.2, 0.25) is 0 Å². The number of nitrogens with zero attached hydrogens (tertiary/aromatic N) is 1. The van der Waals surface area contributed by atoms with E-state index in [4.69, 9.17) is 9.84 Å². The molecule has 1 atom stereocenters. The molecule has 4 nitrogen and oxygen atoms in total. The Morgan fingerprint density at radius 3 is 2.31 bits per heavy atom. The van der Waals surface area contributed by atoms with Gasteiger partial charge in [-0.25, -0.2) is 0 Å². The second kappa shape index (κ2) is 8.86. The normalized spacial score (nSPS) is 17.0. The second-order valence-corrected chi connectivity index (χ2v) is 7.15. The highest BCUT2D eigenvalue weighted by molar-refractivity contribution is 5.70. The standard InChI is InChI=1S/C22H27NO3/c1-17(16-23-13-11-20(12-14-23)22(24)25)26-21-9-7-19(8-10-21)15-18-5-3-2-4-6-18/h2-10,17,20H,11-16H2,1H3,(H,24,25). The number of likely N-dealkylation sites (tertiary alicyclic amines) is 1. The summed E-state index contributed by atoms with van der Waals surface area (Å²) in [5.74, 6) is 0.0407. The minimum atomic E-state index is -0.662. The van der Waals surface area contributed by atoms with Crippen molar-refractivity contribution in [3.8, 4) is 5.75 Å². The van der Waals surface area contributed by atoms with Gasteiger partial charge in [0.1, 0.15) is 11.9 Å². The molecule has 26 heavy (non-hydrogen) atoms. The van der Waals surface area contributed by atoms with Crippen LogP contribution in [0.4, 0.5) is 0 Å². The molecule has 0 aliphatic carbocycles. The van der Waals surface area contributed by atoms with E-state index in [1.807, 2.05) is 18.2 Å². The minimum absolute atomic E-state index is 0.0800. The molecule has 1 N–H and O–H groups in total. The molecular weight excluding hydrogens is 326 g/mol. The van der Waals surface area contributed by atoms with E-state index >= 15 is 0 Å². The summed E-state index contributed by atoms with van der Waals surface area (Å²) in [6, 6.07) is 18.7. The fourth-order valence-electron chi connectivity index (χ4n) is 3.51. The van der Waals surface area contributed by atoms with E-state index in [0.717, 1.165) is 44.6 Å². The molecule has 2 aromatic rings. The van der Waals surface area contributed by atoms with Gasteiger partial charge < -0.3 is 9.84 Å². The number of hydrogen-bond acceptors (Lipinski definition) is 3. The lowest BCUT2D eigenvalue weighted by atomic mass is 9.97. The first kappa shape index (κ1) is 18.5. The number of aliphatic carboxylic acids is 1. The van der Waals surface area contributed by atoms with Gasteiger partial charge in [-0.15, -0.1) is 0 Å². The SMILES string of the molecule is CC(CN1CCC(C(=O)O)CC1)Oc1ccc(Cc2ccccc2)cc1. The molecule has 3 rings (SSSR count). The molecule has 0 spiro atoms. The van der Waals surface area contributed by atoms with Crippen LogP contribution in [-0.4, -0.2) is 41.7 Å². The summed E-state index contributed by atoms with van der Waals surface area (Å²) >= 11 is 0. The number of carboxylic acids is 1. The van der Waals surface area contributed by atoms with Gasteiger partial charge in [0.25, 0.3) is 0 Å². The summed E-state index contributed by atoms with van der Waals surface area (Å²) < 4.78 is 6.04. The molecule has 1 saturated heterocycles. The molecule has 0 saturated carbocycles. The van der Waals surface area contributed by atoms with E-state index in [-0.39, 0.29) is 12.0 Å². The van der Waals surface area contributed by atoms with Gasteiger partial charge in [-0.2, -0.15) is 0 Å². The third-order valence-corrected chi connectivity index (χ3v) is 4.96. The lowest BCUT2D eigenvalue weighted by molar-refractivity contribution is -0.143. The lowest BCUT2D eigenvalue weighted by Gasteiger charge is -2.31. The Bertz CT molecular complexity index is 691. The van der Waals surface area contributed by atoms with Gasteiger partial charge in [0.15, 0.2) is 0 Å². The number of ether oxygens (including phenoxy) is 1. The largest absolute Gasteiger partial charge is 0.489 e. The van der Waals surface area contributed by atoms with E-state index in [9.17, 15) is 4.79 Å². The highest BCUT2D eigenvalue weighted by Crippen LogP contribution is 2.20. The summed E-state index contributed by atoms with van der Waals surface area (Å²) in [4.78, 5) is 13.3. The van der Waals surface area contributed by atoms with Crippen LogP contribution >= 0.6 is 0 Å². The van der Waals surface area contributed by atoms with E-state index in [0.29, 0.717) is 0 Å². The van der Waals surface area contributed by atoms with Gasteiger partial charge in [0.2, 0.25) is 0 Å². The fourth-order valence-corrected chi connectivity index (χ4v) is 3.51. The van der Waals surface area contributed by atoms with Crippen molar-refractivity contribution >= 4 is 5.97 Å². The average Bonchev–Trinajstić information content (AvgIpc) is 2.64. The van der Waals surface area contributed by atoms with Crippen LogP contribution in [-0.2, 0) is 11.2 Å². The monoisotopic (exact) mass is 353 g/mol. The fraction of sp³-hybridized carbons (Fsp3) is 0.409. The molecule has 4 heteroatoms. The van der Waals surface area contributed by atoms with Crippen molar-refractivity contribution < 1.29 is 14.6 Å². The van der Waals surface area contributed by atoms with Crippen LogP contribution in [0.1, 0.15) is 30.9 Å². The van der Waals surface area contributed by atoms with Crippen LogP contribution in [0, 0.1) is 5.92 Å². The van der Waals surface area contributed by atoms with Crippen LogP contribution in [0.3, 0.4) is 0 Å². The van der Waals surface area contributed by atoms with Gasteiger partial charge >= 0.3 is 5.97 Å².